The van der Waals surface area contributed by atoms with Crippen LogP contribution >= 0.6 is 0 Å². The van der Waals surface area contributed by atoms with Crippen molar-refractivity contribution in [2.75, 3.05) is 13.2 Å². The van der Waals surface area contributed by atoms with Gasteiger partial charge < -0.3 is 9.47 Å². The normalized spacial score (nSPS) is 12.4. The van der Waals surface area contributed by atoms with Gasteiger partial charge in [-0.05, 0) is 22.3 Å². The van der Waals surface area contributed by atoms with Crippen molar-refractivity contribution < 1.29 is 14.3 Å². The van der Waals surface area contributed by atoms with Crippen LogP contribution in [0.3, 0.4) is 0 Å². The number of rotatable bonds is 4. The zero-order valence-electron chi connectivity index (χ0n) is 11.6. The maximum atomic E-state index is 11.5. The van der Waals surface area contributed by atoms with Crippen LogP contribution in [0, 0.1) is 0 Å². The Hall–Kier alpha value is -2.55. The Morgan fingerprint density at radius 1 is 1.00 bits per heavy atom. The Morgan fingerprint density at radius 2 is 1.57 bits per heavy atom. The number of carbonyl (C=O) groups excluding carboxylic acids is 1. The molecule has 0 heterocycles. The summed E-state index contributed by atoms with van der Waals surface area (Å²) >= 11 is 0. The van der Waals surface area contributed by atoms with Crippen molar-refractivity contribution in [2.24, 2.45) is 0 Å². The summed E-state index contributed by atoms with van der Waals surface area (Å²) in [6.07, 6.45) is 0.860. The summed E-state index contributed by atoms with van der Waals surface area (Å²) in [5.74, 6) is 0.0636. The molecule has 0 saturated carbocycles. The monoisotopic (exact) mass is 280 g/mol. The lowest BCUT2D eigenvalue weighted by molar-refractivity contribution is 0.0613. The molecule has 0 saturated heterocycles. The summed E-state index contributed by atoms with van der Waals surface area (Å²) in [5, 5.41) is 0. The van der Waals surface area contributed by atoms with Gasteiger partial charge in [-0.3, -0.25) is 0 Å². The Morgan fingerprint density at radius 3 is 2.14 bits per heavy atom. The minimum atomic E-state index is -0.656. The standard InChI is InChI=1S/C18H16O3/c1-2-11-20-18(19)21-12-17-15-9-5-3-7-13(15)14-8-4-6-10-16(14)17/h2-10,17H,1,11-12H2. The Kier molecular flexibility index (Phi) is 3.73. The van der Waals surface area contributed by atoms with E-state index >= 15 is 0 Å². The Bertz CT molecular complexity index is 630. The van der Waals surface area contributed by atoms with Gasteiger partial charge >= 0.3 is 6.16 Å². The van der Waals surface area contributed by atoms with E-state index in [1.165, 1.54) is 28.3 Å². The zero-order valence-corrected chi connectivity index (χ0v) is 11.6. The molecular weight excluding hydrogens is 264 g/mol. The molecule has 2 aromatic carbocycles. The predicted octanol–water partition coefficient (Wildman–Crippen LogP) is 4.14. The molecule has 0 bridgehead atoms. The number of hydrogen-bond acceptors (Lipinski definition) is 3. The summed E-state index contributed by atoms with van der Waals surface area (Å²) in [6.45, 7) is 3.94. The average molecular weight is 280 g/mol. The number of fused-ring (bicyclic) bond motifs is 3. The van der Waals surface area contributed by atoms with Crippen LogP contribution in [0.15, 0.2) is 61.2 Å². The molecular formula is C18H16O3. The van der Waals surface area contributed by atoms with E-state index in [0.29, 0.717) is 0 Å². The van der Waals surface area contributed by atoms with Crippen molar-refractivity contribution in [3.63, 3.8) is 0 Å². The fourth-order valence-electron chi connectivity index (χ4n) is 2.76. The molecule has 106 valence electrons. The molecule has 0 aliphatic heterocycles. The van der Waals surface area contributed by atoms with Gasteiger partial charge in [-0.1, -0.05) is 61.2 Å². The maximum Gasteiger partial charge on any atom is 0.508 e. The molecule has 3 nitrogen and oxygen atoms in total. The van der Waals surface area contributed by atoms with E-state index in [2.05, 4.69) is 30.8 Å². The first kappa shape index (κ1) is 13.4. The molecule has 0 spiro atoms. The molecule has 1 aliphatic carbocycles. The second-order valence-electron chi connectivity index (χ2n) is 4.89. The molecule has 3 rings (SSSR count). The minimum Gasteiger partial charge on any atom is -0.433 e. The lowest BCUT2D eigenvalue weighted by Crippen LogP contribution is -2.13. The van der Waals surface area contributed by atoms with E-state index in [1.54, 1.807) is 0 Å². The zero-order chi connectivity index (χ0) is 14.7. The van der Waals surface area contributed by atoms with Crippen LogP contribution in [0.1, 0.15) is 17.0 Å². The van der Waals surface area contributed by atoms with Crippen LogP contribution in [0.5, 0.6) is 0 Å². The molecule has 21 heavy (non-hydrogen) atoms. The summed E-state index contributed by atoms with van der Waals surface area (Å²) in [6, 6.07) is 16.4. The largest absolute Gasteiger partial charge is 0.508 e. The molecule has 0 unspecified atom stereocenters. The van der Waals surface area contributed by atoms with E-state index < -0.39 is 6.16 Å². The molecule has 0 fully saturated rings. The van der Waals surface area contributed by atoms with Crippen molar-refractivity contribution in [3.8, 4) is 11.1 Å². The van der Waals surface area contributed by atoms with Gasteiger partial charge in [0.05, 0.1) is 0 Å². The van der Waals surface area contributed by atoms with Crippen LogP contribution < -0.4 is 0 Å². The number of carbonyl (C=O) groups is 1. The van der Waals surface area contributed by atoms with Gasteiger partial charge in [0, 0.05) is 5.92 Å². The van der Waals surface area contributed by atoms with Crippen molar-refractivity contribution >= 4 is 6.16 Å². The van der Waals surface area contributed by atoms with Crippen molar-refractivity contribution in [1.82, 2.24) is 0 Å². The van der Waals surface area contributed by atoms with Crippen molar-refractivity contribution in [3.05, 3.63) is 72.3 Å². The van der Waals surface area contributed by atoms with E-state index in [-0.39, 0.29) is 19.1 Å². The molecule has 3 heteroatoms. The van der Waals surface area contributed by atoms with Crippen LogP contribution in [-0.4, -0.2) is 19.4 Å². The maximum absolute atomic E-state index is 11.5. The Labute approximate surface area is 123 Å². The minimum absolute atomic E-state index is 0.0636. The van der Waals surface area contributed by atoms with Gasteiger partial charge in [0.1, 0.15) is 13.2 Å². The first-order valence-corrected chi connectivity index (χ1v) is 6.90. The highest BCUT2D eigenvalue weighted by molar-refractivity contribution is 5.78. The lowest BCUT2D eigenvalue weighted by atomic mass is 9.98. The molecule has 0 amide bonds. The van der Waals surface area contributed by atoms with Crippen LogP contribution in [0.4, 0.5) is 4.79 Å². The van der Waals surface area contributed by atoms with Gasteiger partial charge in [0.15, 0.2) is 0 Å². The lowest BCUT2D eigenvalue weighted by Gasteiger charge is -2.13. The smallest absolute Gasteiger partial charge is 0.433 e. The first-order chi connectivity index (χ1) is 10.3. The second-order valence-corrected chi connectivity index (χ2v) is 4.89. The van der Waals surface area contributed by atoms with E-state index in [0.717, 1.165) is 0 Å². The van der Waals surface area contributed by atoms with Crippen LogP contribution in [0.25, 0.3) is 11.1 Å². The van der Waals surface area contributed by atoms with Gasteiger partial charge in [-0.2, -0.15) is 0 Å². The molecule has 0 N–H and O–H groups in total. The third-order valence-electron chi connectivity index (χ3n) is 3.65. The van der Waals surface area contributed by atoms with E-state index in [9.17, 15) is 4.79 Å². The molecule has 0 radical (unpaired) electrons. The fourth-order valence-corrected chi connectivity index (χ4v) is 2.76. The SMILES string of the molecule is C=CCOC(=O)OCC1c2ccccc2-c2ccccc21. The highest BCUT2D eigenvalue weighted by Crippen LogP contribution is 2.44. The number of hydrogen-bond donors (Lipinski definition) is 0. The third-order valence-corrected chi connectivity index (χ3v) is 3.65. The highest BCUT2D eigenvalue weighted by Gasteiger charge is 2.29. The Balaban J connectivity index is 1.82. The third kappa shape index (κ3) is 2.55. The summed E-state index contributed by atoms with van der Waals surface area (Å²) in [4.78, 5) is 11.5. The number of ether oxygens (including phenoxy) is 2. The number of benzene rings is 2. The molecule has 1 aliphatic rings. The predicted molar refractivity (Wildman–Crippen MR) is 81.2 cm³/mol. The topological polar surface area (TPSA) is 35.5 Å². The van der Waals surface area contributed by atoms with Gasteiger partial charge in [0.25, 0.3) is 0 Å². The summed E-state index contributed by atoms with van der Waals surface area (Å²) in [7, 11) is 0. The quantitative estimate of drug-likeness (QED) is 0.623. The highest BCUT2D eigenvalue weighted by atomic mass is 16.7. The van der Waals surface area contributed by atoms with E-state index in [1.807, 2.05) is 24.3 Å². The first-order valence-electron chi connectivity index (χ1n) is 6.90. The molecule has 2 aromatic rings. The van der Waals surface area contributed by atoms with E-state index in [4.69, 9.17) is 9.47 Å². The van der Waals surface area contributed by atoms with Gasteiger partial charge in [-0.25, -0.2) is 4.79 Å². The molecule has 0 aromatic heterocycles. The van der Waals surface area contributed by atoms with Gasteiger partial charge in [-0.15, -0.1) is 0 Å². The van der Waals surface area contributed by atoms with Gasteiger partial charge in [0.2, 0.25) is 0 Å². The van der Waals surface area contributed by atoms with Crippen molar-refractivity contribution in [1.29, 1.82) is 0 Å². The average Bonchev–Trinajstić information content (AvgIpc) is 2.85. The summed E-state index contributed by atoms with van der Waals surface area (Å²) < 4.78 is 10.1. The van der Waals surface area contributed by atoms with Crippen LogP contribution in [0.2, 0.25) is 0 Å². The molecule has 0 atom stereocenters. The summed E-state index contributed by atoms with van der Waals surface area (Å²) in [5.41, 5.74) is 4.80. The van der Waals surface area contributed by atoms with Crippen molar-refractivity contribution in [2.45, 2.75) is 5.92 Å². The fraction of sp³-hybridized carbons (Fsp3) is 0.167. The second kappa shape index (κ2) is 5.83. The van der Waals surface area contributed by atoms with Crippen LogP contribution in [-0.2, 0) is 9.47 Å².